The van der Waals surface area contributed by atoms with E-state index in [2.05, 4.69) is 23.1 Å². The van der Waals surface area contributed by atoms with Crippen LogP contribution in [0.15, 0.2) is 48.5 Å². The zero-order valence-electron chi connectivity index (χ0n) is 19.8. The number of carbonyl (C=O) groups excluding carboxylic acids is 5. The van der Waals surface area contributed by atoms with Gasteiger partial charge in [-0.25, -0.2) is 4.79 Å². The first-order valence-electron chi connectivity index (χ1n) is 11.4. The molecule has 3 N–H and O–H groups in total. The summed E-state index contributed by atoms with van der Waals surface area (Å²) in [6, 6.07) is 12.2. The molecule has 3 amide bonds. The van der Waals surface area contributed by atoms with Crippen LogP contribution in [-0.4, -0.2) is 42.9 Å². The Morgan fingerprint density at radius 3 is 2.11 bits per heavy atom. The molecule has 192 valence electrons. The number of hydrogen-bond acceptors (Lipinski definition) is 7. The molecular formula is C25H28ClN3O7. The Balaban J connectivity index is 1.63. The third-order valence-corrected chi connectivity index (χ3v) is 4.98. The monoisotopic (exact) mass is 517 g/mol. The van der Waals surface area contributed by atoms with E-state index in [1.807, 2.05) is 0 Å². The highest BCUT2D eigenvalue weighted by atomic mass is 35.5. The van der Waals surface area contributed by atoms with Crippen LogP contribution < -0.4 is 16.2 Å². The van der Waals surface area contributed by atoms with E-state index in [1.54, 1.807) is 12.1 Å². The minimum Gasteiger partial charge on any atom is -0.462 e. The van der Waals surface area contributed by atoms with E-state index < -0.39 is 36.3 Å². The molecule has 0 saturated carbocycles. The topological polar surface area (TPSA) is 140 Å². The normalized spacial score (nSPS) is 10.2. The number of nitrogens with one attached hydrogen (secondary N) is 3. The first-order chi connectivity index (χ1) is 17.3. The van der Waals surface area contributed by atoms with Gasteiger partial charge in [-0.05, 0) is 55.0 Å². The van der Waals surface area contributed by atoms with E-state index >= 15 is 0 Å². The van der Waals surface area contributed by atoms with Gasteiger partial charge in [-0.3, -0.25) is 30.0 Å². The summed E-state index contributed by atoms with van der Waals surface area (Å²) in [5.41, 5.74) is 5.40. The molecule has 2 aromatic carbocycles. The number of unbranched alkanes of at least 4 members (excludes halogenated alkanes) is 2. The van der Waals surface area contributed by atoms with E-state index in [0.29, 0.717) is 22.9 Å². The Bertz CT molecular complexity index is 1060. The maximum absolute atomic E-state index is 12.1. The number of anilines is 1. The van der Waals surface area contributed by atoms with Gasteiger partial charge >= 0.3 is 11.9 Å². The van der Waals surface area contributed by atoms with Gasteiger partial charge in [0.25, 0.3) is 11.8 Å². The standard InChI is InChI=1S/C25H28ClN3O7/c1-2-3-4-15-35-25(34)18-7-11-20(12-8-18)27-21(30)13-14-23(32)36-16-22(31)28-29-24(33)17-5-9-19(26)10-6-17/h5-12H,2-4,13-16H2,1H3,(H,27,30)(H,28,31)(H,29,33). The predicted octanol–water partition coefficient (Wildman–Crippen LogP) is 3.41. The molecule has 0 aliphatic heterocycles. The van der Waals surface area contributed by atoms with Crippen molar-refractivity contribution in [1.29, 1.82) is 0 Å². The first kappa shape index (κ1) is 28.3. The van der Waals surface area contributed by atoms with Crippen molar-refractivity contribution in [1.82, 2.24) is 10.9 Å². The summed E-state index contributed by atoms with van der Waals surface area (Å²) in [4.78, 5) is 59.5. The predicted molar refractivity (Wildman–Crippen MR) is 132 cm³/mol. The molecule has 0 saturated heterocycles. The fraction of sp³-hybridized carbons (Fsp3) is 0.320. The zero-order chi connectivity index (χ0) is 26.3. The second-order valence-electron chi connectivity index (χ2n) is 7.64. The van der Waals surface area contributed by atoms with Crippen LogP contribution in [0.1, 0.15) is 59.7 Å². The fourth-order valence-corrected chi connectivity index (χ4v) is 2.91. The maximum Gasteiger partial charge on any atom is 0.338 e. The van der Waals surface area contributed by atoms with E-state index in [9.17, 15) is 24.0 Å². The molecule has 0 aliphatic rings. The van der Waals surface area contributed by atoms with Crippen molar-refractivity contribution in [2.75, 3.05) is 18.5 Å². The van der Waals surface area contributed by atoms with Crippen LogP contribution >= 0.6 is 11.6 Å². The molecule has 0 bridgehead atoms. The first-order valence-corrected chi connectivity index (χ1v) is 11.7. The van der Waals surface area contributed by atoms with Crippen LogP contribution in [0.3, 0.4) is 0 Å². The fourth-order valence-electron chi connectivity index (χ4n) is 2.78. The summed E-state index contributed by atoms with van der Waals surface area (Å²) < 4.78 is 9.97. The lowest BCUT2D eigenvalue weighted by molar-refractivity contribution is -0.149. The molecule has 0 heterocycles. The molecule has 2 aromatic rings. The Morgan fingerprint density at radius 1 is 0.778 bits per heavy atom. The summed E-state index contributed by atoms with van der Waals surface area (Å²) in [7, 11) is 0. The number of amides is 3. The number of carbonyl (C=O) groups is 5. The van der Waals surface area contributed by atoms with E-state index in [1.165, 1.54) is 36.4 Å². The summed E-state index contributed by atoms with van der Waals surface area (Å²) in [6.07, 6.45) is 2.41. The van der Waals surface area contributed by atoms with Crippen LogP contribution in [0, 0.1) is 0 Å². The van der Waals surface area contributed by atoms with Crippen LogP contribution in [-0.2, 0) is 23.9 Å². The van der Waals surface area contributed by atoms with Crippen molar-refractivity contribution in [3.63, 3.8) is 0 Å². The van der Waals surface area contributed by atoms with Crippen LogP contribution in [0.4, 0.5) is 5.69 Å². The molecule has 36 heavy (non-hydrogen) atoms. The molecular weight excluding hydrogens is 490 g/mol. The Morgan fingerprint density at radius 2 is 1.44 bits per heavy atom. The van der Waals surface area contributed by atoms with Crippen LogP contribution in [0.25, 0.3) is 0 Å². The number of esters is 2. The lowest BCUT2D eigenvalue weighted by Crippen LogP contribution is -2.43. The number of ether oxygens (including phenoxy) is 2. The van der Waals surface area contributed by atoms with Crippen molar-refractivity contribution in [2.45, 2.75) is 39.0 Å². The average Bonchev–Trinajstić information content (AvgIpc) is 2.88. The van der Waals surface area contributed by atoms with Gasteiger partial charge < -0.3 is 14.8 Å². The summed E-state index contributed by atoms with van der Waals surface area (Å²) in [5.74, 6) is -2.95. The summed E-state index contributed by atoms with van der Waals surface area (Å²) in [5, 5.41) is 3.07. The third-order valence-electron chi connectivity index (χ3n) is 4.73. The van der Waals surface area contributed by atoms with E-state index in [0.717, 1.165) is 19.3 Å². The van der Waals surface area contributed by atoms with Gasteiger partial charge in [0.05, 0.1) is 18.6 Å². The highest BCUT2D eigenvalue weighted by Gasteiger charge is 2.13. The Hall–Kier alpha value is -3.92. The third kappa shape index (κ3) is 10.6. The molecule has 0 radical (unpaired) electrons. The van der Waals surface area contributed by atoms with Crippen LogP contribution in [0.5, 0.6) is 0 Å². The molecule has 0 aromatic heterocycles. The summed E-state index contributed by atoms with van der Waals surface area (Å²) in [6.45, 7) is 1.79. The minimum absolute atomic E-state index is 0.172. The molecule has 11 heteroatoms. The maximum atomic E-state index is 12.1. The lowest BCUT2D eigenvalue weighted by Gasteiger charge is -2.09. The molecule has 10 nitrogen and oxygen atoms in total. The van der Waals surface area contributed by atoms with Gasteiger partial charge in [0.15, 0.2) is 6.61 Å². The number of hydrogen-bond donors (Lipinski definition) is 3. The molecule has 2 rings (SSSR count). The smallest absolute Gasteiger partial charge is 0.338 e. The van der Waals surface area contributed by atoms with Gasteiger partial charge in [0.2, 0.25) is 5.91 Å². The second kappa shape index (κ2) is 15.2. The quantitative estimate of drug-likeness (QED) is 0.222. The molecule has 0 spiro atoms. The van der Waals surface area contributed by atoms with Crippen molar-refractivity contribution in [3.8, 4) is 0 Å². The minimum atomic E-state index is -0.759. The Kier molecular flexibility index (Phi) is 11.9. The SMILES string of the molecule is CCCCCOC(=O)c1ccc(NC(=O)CCC(=O)OCC(=O)NNC(=O)c2ccc(Cl)cc2)cc1. The number of benzene rings is 2. The molecule has 0 aliphatic carbocycles. The van der Waals surface area contributed by atoms with E-state index in [-0.39, 0.29) is 18.4 Å². The van der Waals surface area contributed by atoms with Crippen molar-refractivity contribution in [2.24, 2.45) is 0 Å². The number of halogens is 1. The van der Waals surface area contributed by atoms with Crippen molar-refractivity contribution < 1.29 is 33.4 Å². The number of rotatable bonds is 12. The van der Waals surface area contributed by atoms with Gasteiger partial charge in [0, 0.05) is 22.7 Å². The number of hydrazine groups is 1. The van der Waals surface area contributed by atoms with Gasteiger partial charge in [0.1, 0.15) is 0 Å². The van der Waals surface area contributed by atoms with Gasteiger partial charge in [-0.2, -0.15) is 0 Å². The van der Waals surface area contributed by atoms with E-state index in [4.69, 9.17) is 21.1 Å². The molecule has 0 unspecified atom stereocenters. The lowest BCUT2D eigenvalue weighted by atomic mass is 10.2. The Labute approximate surface area is 213 Å². The average molecular weight is 518 g/mol. The highest BCUT2D eigenvalue weighted by molar-refractivity contribution is 6.30. The molecule has 0 atom stereocenters. The highest BCUT2D eigenvalue weighted by Crippen LogP contribution is 2.12. The molecule has 0 fully saturated rings. The van der Waals surface area contributed by atoms with Gasteiger partial charge in [-0.1, -0.05) is 31.4 Å². The van der Waals surface area contributed by atoms with Crippen molar-refractivity contribution in [3.05, 3.63) is 64.7 Å². The van der Waals surface area contributed by atoms with Crippen molar-refractivity contribution >= 4 is 46.9 Å². The zero-order valence-corrected chi connectivity index (χ0v) is 20.6. The second-order valence-corrected chi connectivity index (χ2v) is 8.07. The summed E-state index contributed by atoms with van der Waals surface area (Å²) >= 11 is 5.75. The van der Waals surface area contributed by atoms with Gasteiger partial charge in [-0.15, -0.1) is 0 Å². The largest absolute Gasteiger partial charge is 0.462 e. The van der Waals surface area contributed by atoms with Crippen LogP contribution in [0.2, 0.25) is 5.02 Å².